The van der Waals surface area contributed by atoms with Gasteiger partial charge in [-0.3, -0.25) is 4.79 Å². The van der Waals surface area contributed by atoms with Crippen molar-refractivity contribution in [2.24, 2.45) is 0 Å². The molecule has 0 spiro atoms. The predicted molar refractivity (Wildman–Crippen MR) is 96.1 cm³/mol. The Morgan fingerprint density at radius 3 is 2.26 bits per heavy atom. The topological polar surface area (TPSA) is 67.6 Å². The number of halogens is 2. The first-order valence-corrected chi connectivity index (χ1v) is 7.50. The molecule has 1 amide bonds. The van der Waals surface area contributed by atoms with Gasteiger partial charge >= 0.3 is 0 Å². The monoisotopic (exact) mass is 353 g/mol. The Kier molecular flexibility index (Phi) is 5.23. The average Bonchev–Trinajstić information content (AvgIpc) is 2.46. The highest BCUT2D eigenvalue weighted by Crippen LogP contribution is 2.34. The molecule has 0 aliphatic heterocycles. The van der Waals surface area contributed by atoms with E-state index >= 15 is 0 Å². The number of methoxy groups -OCH3 is 1. The summed E-state index contributed by atoms with van der Waals surface area (Å²) < 4.78 is 5.06. The second kappa shape index (κ2) is 6.98. The van der Waals surface area contributed by atoms with Gasteiger partial charge in [0.1, 0.15) is 0 Å². The Hall–Kier alpha value is -2.11. The Morgan fingerprint density at radius 1 is 1.17 bits per heavy atom. The van der Waals surface area contributed by atoms with Crippen molar-refractivity contribution in [3.05, 3.63) is 45.9 Å². The van der Waals surface area contributed by atoms with E-state index in [0.717, 1.165) is 5.69 Å². The molecule has 0 heterocycles. The molecule has 3 N–H and O–H groups in total. The van der Waals surface area contributed by atoms with Crippen molar-refractivity contribution in [1.29, 1.82) is 0 Å². The molecular formula is C16H17Cl2N3O2. The molecule has 0 atom stereocenters. The van der Waals surface area contributed by atoms with Crippen LogP contribution < -0.4 is 20.7 Å². The molecule has 2 aromatic rings. The first kappa shape index (κ1) is 17.2. The Labute approximate surface area is 144 Å². The maximum atomic E-state index is 12.3. The summed E-state index contributed by atoms with van der Waals surface area (Å²) >= 11 is 12.1. The molecule has 0 fully saturated rings. The summed E-state index contributed by atoms with van der Waals surface area (Å²) in [4.78, 5) is 14.2. The lowest BCUT2D eigenvalue weighted by Crippen LogP contribution is -2.14. The summed E-state index contributed by atoms with van der Waals surface area (Å²) in [5.41, 5.74) is 8.33. The summed E-state index contributed by atoms with van der Waals surface area (Å²) in [7, 11) is 5.25. The lowest BCUT2D eigenvalue weighted by atomic mass is 10.2. The van der Waals surface area contributed by atoms with Gasteiger partial charge in [0.05, 0.1) is 28.5 Å². The smallest absolute Gasteiger partial charge is 0.255 e. The molecular weight excluding hydrogens is 337 g/mol. The fourth-order valence-corrected chi connectivity index (χ4v) is 2.77. The molecule has 7 heteroatoms. The third kappa shape index (κ3) is 3.81. The van der Waals surface area contributed by atoms with E-state index in [1.807, 2.05) is 25.1 Å². The highest BCUT2D eigenvalue weighted by atomic mass is 35.5. The molecule has 0 saturated carbocycles. The van der Waals surface area contributed by atoms with Gasteiger partial charge in [0.15, 0.2) is 5.75 Å². The van der Waals surface area contributed by atoms with Crippen LogP contribution in [0.5, 0.6) is 5.75 Å². The quantitative estimate of drug-likeness (QED) is 0.817. The lowest BCUT2D eigenvalue weighted by molar-refractivity contribution is 0.102. The van der Waals surface area contributed by atoms with Gasteiger partial charge in [0, 0.05) is 25.3 Å². The van der Waals surface area contributed by atoms with E-state index in [0.29, 0.717) is 22.7 Å². The van der Waals surface area contributed by atoms with Crippen LogP contribution in [0.3, 0.4) is 0 Å². The molecule has 0 radical (unpaired) electrons. The van der Waals surface area contributed by atoms with Gasteiger partial charge < -0.3 is 20.7 Å². The van der Waals surface area contributed by atoms with Crippen LogP contribution in [0.4, 0.5) is 17.1 Å². The predicted octanol–water partition coefficient (Wildman–Crippen LogP) is 3.90. The van der Waals surface area contributed by atoms with Crippen molar-refractivity contribution >= 4 is 46.2 Å². The highest BCUT2D eigenvalue weighted by molar-refractivity contribution is 6.37. The van der Waals surface area contributed by atoms with Gasteiger partial charge in [-0.1, -0.05) is 23.2 Å². The third-order valence-electron chi connectivity index (χ3n) is 3.23. The van der Waals surface area contributed by atoms with E-state index in [9.17, 15) is 4.79 Å². The highest BCUT2D eigenvalue weighted by Gasteiger charge is 2.14. The summed E-state index contributed by atoms with van der Waals surface area (Å²) in [6.07, 6.45) is 0. The summed E-state index contributed by atoms with van der Waals surface area (Å²) in [6, 6.07) is 8.30. The Bertz CT molecular complexity index is 725. The van der Waals surface area contributed by atoms with E-state index in [1.54, 1.807) is 12.1 Å². The second-order valence-electron chi connectivity index (χ2n) is 5.10. The second-order valence-corrected chi connectivity index (χ2v) is 5.91. The van der Waals surface area contributed by atoms with Crippen LogP contribution in [0.25, 0.3) is 0 Å². The number of rotatable bonds is 4. The number of nitrogens with zero attached hydrogens (tertiary/aromatic N) is 1. The minimum atomic E-state index is -0.339. The van der Waals surface area contributed by atoms with Crippen molar-refractivity contribution in [2.75, 3.05) is 37.2 Å². The number of nitrogen functional groups attached to an aromatic ring is 1. The van der Waals surface area contributed by atoms with E-state index in [-0.39, 0.29) is 16.0 Å². The number of hydrogen-bond donors (Lipinski definition) is 2. The molecule has 2 rings (SSSR count). The number of carbonyl (C=O) groups excluding carboxylic acids is 1. The van der Waals surface area contributed by atoms with Crippen LogP contribution >= 0.6 is 23.2 Å². The summed E-state index contributed by atoms with van der Waals surface area (Å²) in [6.45, 7) is 0. The summed E-state index contributed by atoms with van der Waals surface area (Å²) in [5.74, 6) is -0.00193. The minimum absolute atomic E-state index is 0.271. The van der Waals surface area contributed by atoms with Gasteiger partial charge in [-0.15, -0.1) is 0 Å². The molecule has 5 nitrogen and oxygen atoms in total. The van der Waals surface area contributed by atoms with E-state index in [1.165, 1.54) is 19.2 Å². The fourth-order valence-electron chi connectivity index (χ4n) is 2.13. The zero-order valence-electron chi connectivity index (χ0n) is 13.0. The number of hydrogen-bond acceptors (Lipinski definition) is 4. The molecule has 0 bridgehead atoms. The largest absolute Gasteiger partial charge is 0.494 e. The summed E-state index contributed by atoms with van der Waals surface area (Å²) in [5, 5.41) is 3.30. The lowest BCUT2D eigenvalue weighted by Gasteiger charge is -2.16. The van der Waals surface area contributed by atoms with Crippen molar-refractivity contribution in [2.45, 2.75) is 0 Å². The van der Waals surface area contributed by atoms with Gasteiger partial charge in [0.2, 0.25) is 0 Å². The normalized spacial score (nSPS) is 10.3. The molecule has 0 unspecified atom stereocenters. The molecule has 23 heavy (non-hydrogen) atoms. The van der Waals surface area contributed by atoms with Gasteiger partial charge in [-0.05, 0) is 30.3 Å². The van der Waals surface area contributed by atoms with Crippen molar-refractivity contribution < 1.29 is 9.53 Å². The van der Waals surface area contributed by atoms with E-state index < -0.39 is 0 Å². The first-order chi connectivity index (χ1) is 10.8. The number of ether oxygens (including phenoxy) is 1. The number of nitrogens with one attached hydrogen (secondary N) is 1. The maximum Gasteiger partial charge on any atom is 0.255 e. The van der Waals surface area contributed by atoms with E-state index in [4.69, 9.17) is 33.7 Å². The van der Waals surface area contributed by atoms with Gasteiger partial charge in [0.25, 0.3) is 5.91 Å². The number of amides is 1. The number of anilines is 3. The van der Waals surface area contributed by atoms with Crippen molar-refractivity contribution in [1.82, 2.24) is 0 Å². The standard InChI is InChI=1S/C16H17Cl2N3O2/c1-21(2)14-5-4-10(8-13(14)19)20-16(22)9-6-11(17)15(23-3)12(18)7-9/h4-8H,19H2,1-3H3,(H,20,22). The Balaban J connectivity index is 2.24. The average molecular weight is 354 g/mol. The van der Waals surface area contributed by atoms with Crippen LogP contribution in [0.2, 0.25) is 10.0 Å². The van der Waals surface area contributed by atoms with Crippen LogP contribution in [0.1, 0.15) is 10.4 Å². The van der Waals surface area contributed by atoms with E-state index in [2.05, 4.69) is 5.32 Å². The zero-order chi connectivity index (χ0) is 17.1. The number of benzene rings is 2. The molecule has 0 saturated heterocycles. The maximum absolute atomic E-state index is 12.3. The van der Waals surface area contributed by atoms with Crippen molar-refractivity contribution in [3.63, 3.8) is 0 Å². The first-order valence-electron chi connectivity index (χ1n) is 6.74. The van der Waals surface area contributed by atoms with Crippen LogP contribution in [0.15, 0.2) is 30.3 Å². The fraction of sp³-hybridized carbons (Fsp3) is 0.188. The van der Waals surface area contributed by atoms with Gasteiger partial charge in [-0.25, -0.2) is 0 Å². The SMILES string of the molecule is COc1c(Cl)cc(C(=O)Nc2ccc(N(C)C)c(N)c2)cc1Cl. The van der Waals surface area contributed by atoms with Crippen LogP contribution in [0, 0.1) is 0 Å². The van der Waals surface area contributed by atoms with Crippen LogP contribution in [-0.2, 0) is 0 Å². The number of carbonyl (C=O) groups is 1. The molecule has 0 aliphatic rings. The molecule has 2 aromatic carbocycles. The molecule has 0 aromatic heterocycles. The third-order valence-corrected chi connectivity index (χ3v) is 3.79. The molecule has 0 aliphatic carbocycles. The van der Waals surface area contributed by atoms with Crippen molar-refractivity contribution in [3.8, 4) is 5.75 Å². The zero-order valence-corrected chi connectivity index (χ0v) is 14.5. The van der Waals surface area contributed by atoms with Crippen LogP contribution in [-0.4, -0.2) is 27.1 Å². The minimum Gasteiger partial charge on any atom is -0.494 e. The van der Waals surface area contributed by atoms with Gasteiger partial charge in [-0.2, -0.15) is 0 Å². The Morgan fingerprint density at radius 2 is 1.78 bits per heavy atom. The molecule has 122 valence electrons. The number of nitrogens with two attached hydrogens (primary N) is 1.